The number of nitrogens with zero attached hydrogens (tertiary/aromatic N) is 1. The summed E-state index contributed by atoms with van der Waals surface area (Å²) in [7, 11) is -2.49. The lowest BCUT2D eigenvalue weighted by Gasteiger charge is -2.25. The van der Waals surface area contributed by atoms with Gasteiger partial charge in [-0.25, -0.2) is 8.42 Å². The second-order valence-corrected chi connectivity index (χ2v) is 9.34. The SMILES string of the molecule is COc1ccccc1N(CC(=O)NCCCOC1CCCC1)S(=O)(=O)c1ccccc1. The number of nitrogens with one attached hydrogen (secondary N) is 1. The van der Waals surface area contributed by atoms with Gasteiger partial charge in [-0.15, -0.1) is 0 Å². The summed E-state index contributed by atoms with van der Waals surface area (Å²) in [6.45, 7) is 0.668. The Morgan fingerprint density at radius 2 is 1.74 bits per heavy atom. The molecule has 1 amide bonds. The Labute approximate surface area is 184 Å². The van der Waals surface area contributed by atoms with Crippen LogP contribution < -0.4 is 14.4 Å². The molecule has 0 aromatic heterocycles. The first-order chi connectivity index (χ1) is 15.0. The zero-order valence-electron chi connectivity index (χ0n) is 17.8. The molecule has 1 N–H and O–H groups in total. The summed E-state index contributed by atoms with van der Waals surface area (Å²) < 4.78 is 38.9. The Bertz CT molecular complexity index is 943. The van der Waals surface area contributed by atoms with Gasteiger partial charge in [0.1, 0.15) is 12.3 Å². The van der Waals surface area contributed by atoms with E-state index in [4.69, 9.17) is 9.47 Å². The van der Waals surface area contributed by atoms with E-state index in [0.717, 1.165) is 17.1 Å². The first-order valence-electron chi connectivity index (χ1n) is 10.6. The van der Waals surface area contributed by atoms with E-state index < -0.39 is 10.0 Å². The monoisotopic (exact) mass is 446 g/mol. The molecule has 0 aliphatic heterocycles. The minimum atomic E-state index is -3.96. The van der Waals surface area contributed by atoms with Crippen LogP contribution in [0, 0.1) is 0 Å². The highest BCUT2D eigenvalue weighted by atomic mass is 32.2. The number of anilines is 1. The summed E-state index contributed by atoms with van der Waals surface area (Å²) in [5.74, 6) is -0.00829. The third kappa shape index (κ3) is 6.21. The average molecular weight is 447 g/mol. The second kappa shape index (κ2) is 11.2. The molecule has 0 saturated heterocycles. The topological polar surface area (TPSA) is 84.9 Å². The summed E-state index contributed by atoms with van der Waals surface area (Å²) in [5, 5.41) is 2.80. The van der Waals surface area contributed by atoms with Crippen molar-refractivity contribution >= 4 is 21.6 Å². The minimum Gasteiger partial charge on any atom is -0.495 e. The van der Waals surface area contributed by atoms with Crippen molar-refractivity contribution in [1.82, 2.24) is 5.32 Å². The van der Waals surface area contributed by atoms with Gasteiger partial charge in [-0.3, -0.25) is 9.10 Å². The fourth-order valence-corrected chi connectivity index (χ4v) is 5.10. The van der Waals surface area contributed by atoms with Gasteiger partial charge in [-0.1, -0.05) is 43.2 Å². The van der Waals surface area contributed by atoms with Crippen LogP contribution in [0.2, 0.25) is 0 Å². The molecule has 0 atom stereocenters. The fraction of sp³-hybridized carbons (Fsp3) is 0.435. The van der Waals surface area contributed by atoms with E-state index in [-0.39, 0.29) is 17.3 Å². The zero-order chi connectivity index (χ0) is 22.1. The van der Waals surface area contributed by atoms with Crippen molar-refractivity contribution in [3.63, 3.8) is 0 Å². The van der Waals surface area contributed by atoms with Crippen molar-refractivity contribution in [2.24, 2.45) is 0 Å². The number of amides is 1. The van der Waals surface area contributed by atoms with Gasteiger partial charge in [0.2, 0.25) is 5.91 Å². The van der Waals surface area contributed by atoms with Crippen LogP contribution in [0.3, 0.4) is 0 Å². The van der Waals surface area contributed by atoms with Crippen molar-refractivity contribution in [1.29, 1.82) is 0 Å². The van der Waals surface area contributed by atoms with E-state index in [0.29, 0.717) is 37.1 Å². The number of rotatable bonds is 11. The molecular formula is C23H30N2O5S. The Hall–Kier alpha value is -2.58. The third-order valence-corrected chi connectivity index (χ3v) is 7.05. The molecular weight excluding hydrogens is 416 g/mol. The quantitative estimate of drug-likeness (QED) is 0.535. The van der Waals surface area contributed by atoms with E-state index in [2.05, 4.69) is 5.32 Å². The molecule has 1 saturated carbocycles. The minimum absolute atomic E-state index is 0.110. The lowest BCUT2D eigenvalue weighted by atomic mass is 10.3. The van der Waals surface area contributed by atoms with Crippen LogP contribution in [0.25, 0.3) is 0 Å². The van der Waals surface area contributed by atoms with Crippen LogP contribution in [0.15, 0.2) is 59.5 Å². The van der Waals surface area contributed by atoms with Crippen molar-refractivity contribution in [3.8, 4) is 5.75 Å². The van der Waals surface area contributed by atoms with Crippen molar-refractivity contribution in [3.05, 3.63) is 54.6 Å². The number of hydrogen-bond acceptors (Lipinski definition) is 5. The lowest BCUT2D eigenvalue weighted by Crippen LogP contribution is -2.41. The summed E-state index contributed by atoms with van der Waals surface area (Å²) in [5.41, 5.74) is 0.313. The first kappa shape index (κ1) is 23.1. The average Bonchev–Trinajstić information content (AvgIpc) is 3.31. The number of ether oxygens (including phenoxy) is 2. The van der Waals surface area contributed by atoms with Gasteiger partial charge in [-0.2, -0.15) is 0 Å². The van der Waals surface area contributed by atoms with Gasteiger partial charge >= 0.3 is 0 Å². The lowest BCUT2D eigenvalue weighted by molar-refractivity contribution is -0.119. The Kier molecular flexibility index (Phi) is 8.31. The van der Waals surface area contributed by atoms with Crippen LogP contribution in [0.1, 0.15) is 32.1 Å². The number of para-hydroxylation sites is 2. The number of carbonyl (C=O) groups is 1. The van der Waals surface area contributed by atoms with E-state index in [1.54, 1.807) is 42.5 Å². The molecule has 2 aromatic rings. The molecule has 0 bridgehead atoms. The molecule has 0 spiro atoms. The van der Waals surface area contributed by atoms with Crippen LogP contribution in [-0.4, -0.2) is 47.2 Å². The molecule has 168 valence electrons. The number of benzene rings is 2. The Morgan fingerprint density at radius 1 is 1.06 bits per heavy atom. The van der Waals surface area contributed by atoms with Crippen molar-refractivity contribution in [2.75, 3.05) is 31.1 Å². The molecule has 2 aromatic carbocycles. The third-order valence-electron chi connectivity index (χ3n) is 5.27. The largest absolute Gasteiger partial charge is 0.495 e. The van der Waals surface area contributed by atoms with Gasteiger partial charge in [0.05, 0.1) is 23.8 Å². The highest BCUT2D eigenvalue weighted by molar-refractivity contribution is 7.92. The predicted octanol–water partition coefficient (Wildman–Crippen LogP) is 3.36. The van der Waals surface area contributed by atoms with E-state index in [9.17, 15) is 13.2 Å². The number of carbonyl (C=O) groups excluding carboxylic acids is 1. The van der Waals surface area contributed by atoms with Crippen molar-refractivity contribution < 1.29 is 22.7 Å². The number of methoxy groups -OCH3 is 1. The van der Waals surface area contributed by atoms with Crippen molar-refractivity contribution in [2.45, 2.75) is 43.1 Å². The van der Waals surface area contributed by atoms with Crippen LogP contribution in [0.5, 0.6) is 5.75 Å². The van der Waals surface area contributed by atoms with E-state index in [1.165, 1.54) is 32.1 Å². The molecule has 31 heavy (non-hydrogen) atoms. The number of hydrogen-bond donors (Lipinski definition) is 1. The standard InChI is InChI=1S/C23H30N2O5S/c1-29-22-15-8-7-14-21(22)25(31(27,28)20-12-3-2-4-13-20)18-23(26)24-16-9-17-30-19-10-5-6-11-19/h2-4,7-8,12-15,19H,5-6,9-11,16-18H2,1H3,(H,24,26). The highest BCUT2D eigenvalue weighted by Crippen LogP contribution is 2.32. The van der Waals surface area contributed by atoms with Gasteiger partial charge in [0.15, 0.2) is 0 Å². The molecule has 0 radical (unpaired) electrons. The maximum Gasteiger partial charge on any atom is 0.264 e. The van der Waals surface area contributed by atoms with E-state index >= 15 is 0 Å². The van der Waals surface area contributed by atoms with Gasteiger partial charge in [-0.05, 0) is 43.5 Å². The molecule has 1 aliphatic rings. The smallest absolute Gasteiger partial charge is 0.264 e. The van der Waals surface area contributed by atoms with Gasteiger partial charge < -0.3 is 14.8 Å². The first-order valence-corrected chi connectivity index (χ1v) is 12.1. The summed E-state index contributed by atoms with van der Waals surface area (Å²) in [6.07, 6.45) is 5.68. The Morgan fingerprint density at radius 3 is 2.45 bits per heavy atom. The summed E-state index contributed by atoms with van der Waals surface area (Å²) in [6, 6.07) is 14.8. The molecule has 7 nitrogen and oxygen atoms in total. The maximum absolute atomic E-state index is 13.3. The van der Waals surface area contributed by atoms with Gasteiger partial charge in [0, 0.05) is 13.2 Å². The fourth-order valence-electron chi connectivity index (χ4n) is 3.65. The molecule has 1 fully saturated rings. The summed E-state index contributed by atoms with van der Waals surface area (Å²) >= 11 is 0. The normalized spacial score (nSPS) is 14.4. The summed E-state index contributed by atoms with van der Waals surface area (Å²) in [4.78, 5) is 12.7. The molecule has 8 heteroatoms. The van der Waals surface area contributed by atoms with Crippen LogP contribution in [-0.2, 0) is 19.6 Å². The van der Waals surface area contributed by atoms with E-state index in [1.807, 2.05) is 0 Å². The molecule has 0 unspecified atom stereocenters. The Balaban J connectivity index is 1.67. The predicted molar refractivity (Wildman–Crippen MR) is 120 cm³/mol. The highest BCUT2D eigenvalue weighted by Gasteiger charge is 2.29. The molecule has 1 aliphatic carbocycles. The second-order valence-electron chi connectivity index (χ2n) is 7.48. The van der Waals surface area contributed by atoms with Crippen LogP contribution in [0.4, 0.5) is 5.69 Å². The number of sulfonamides is 1. The molecule has 0 heterocycles. The van der Waals surface area contributed by atoms with Crippen LogP contribution >= 0.6 is 0 Å². The molecule has 3 rings (SSSR count). The van der Waals surface area contributed by atoms with Gasteiger partial charge in [0.25, 0.3) is 10.0 Å². The zero-order valence-corrected chi connectivity index (χ0v) is 18.6. The maximum atomic E-state index is 13.3.